The maximum absolute atomic E-state index is 12.5. The number of aliphatic hydroxyl groups is 1. The molecule has 114 valence electrons. The van der Waals surface area contributed by atoms with Gasteiger partial charge in [0.05, 0.1) is 24.8 Å². The molecule has 0 saturated carbocycles. The molecule has 1 aromatic heterocycles. The molecule has 0 saturated heterocycles. The maximum atomic E-state index is 12.5. The number of nitrogens with zero attached hydrogens (tertiary/aromatic N) is 2. The summed E-state index contributed by atoms with van der Waals surface area (Å²) in [6.07, 6.45) is 3.56. The van der Waals surface area contributed by atoms with Crippen LogP contribution in [0.25, 0.3) is 0 Å². The molecule has 0 aliphatic carbocycles. The van der Waals surface area contributed by atoms with E-state index in [0.29, 0.717) is 30.7 Å². The molecule has 0 spiro atoms. The van der Waals surface area contributed by atoms with Crippen molar-refractivity contribution in [3.8, 4) is 11.8 Å². The number of hydrogen-bond acceptors (Lipinski definition) is 4. The van der Waals surface area contributed by atoms with E-state index in [1.807, 2.05) is 13.8 Å². The molecule has 0 aromatic carbocycles. The number of pyridine rings is 1. The number of carbonyl (C=O) groups excluding carboxylic acids is 1. The van der Waals surface area contributed by atoms with Crippen molar-refractivity contribution in [3.05, 3.63) is 29.6 Å². The smallest absolute Gasteiger partial charge is 0.255 e. The van der Waals surface area contributed by atoms with Crippen LogP contribution in [0.2, 0.25) is 0 Å². The number of methoxy groups -OCH3 is 1. The molecule has 21 heavy (non-hydrogen) atoms. The van der Waals surface area contributed by atoms with Gasteiger partial charge in [0.1, 0.15) is 0 Å². The second kappa shape index (κ2) is 9.11. The van der Waals surface area contributed by atoms with Crippen LogP contribution in [0.3, 0.4) is 0 Å². The number of hydrogen-bond donors (Lipinski definition) is 1. The van der Waals surface area contributed by atoms with Crippen LogP contribution >= 0.6 is 0 Å². The van der Waals surface area contributed by atoms with Gasteiger partial charge in [-0.25, -0.2) is 0 Å². The lowest BCUT2D eigenvalue weighted by molar-refractivity contribution is 0.0579. The van der Waals surface area contributed by atoms with Crippen LogP contribution in [0.1, 0.15) is 36.2 Å². The molecule has 1 unspecified atom stereocenters. The minimum absolute atomic E-state index is 0.00312. The lowest BCUT2D eigenvalue weighted by Gasteiger charge is -2.27. The average Bonchev–Trinajstić information content (AvgIpc) is 2.49. The number of ether oxygens (including phenoxy) is 1. The summed E-state index contributed by atoms with van der Waals surface area (Å²) in [5.41, 5.74) is 1.18. The minimum Gasteiger partial charge on any atom is -0.395 e. The van der Waals surface area contributed by atoms with Crippen LogP contribution in [0, 0.1) is 11.8 Å². The third-order valence-electron chi connectivity index (χ3n) is 3.00. The summed E-state index contributed by atoms with van der Waals surface area (Å²) in [4.78, 5) is 18.3. The van der Waals surface area contributed by atoms with Crippen LogP contribution in [0.5, 0.6) is 0 Å². The van der Waals surface area contributed by atoms with E-state index in [4.69, 9.17) is 9.84 Å². The van der Waals surface area contributed by atoms with E-state index in [9.17, 15) is 4.79 Å². The molecule has 1 aromatic rings. The van der Waals surface area contributed by atoms with Gasteiger partial charge in [0.25, 0.3) is 5.91 Å². The second-order valence-electron chi connectivity index (χ2n) is 4.63. The first-order chi connectivity index (χ1) is 10.1. The predicted octanol–water partition coefficient (Wildman–Crippen LogP) is 1.31. The molecule has 5 nitrogen and oxygen atoms in total. The number of carbonyl (C=O) groups is 1. The molecular formula is C16H22N2O3. The Labute approximate surface area is 125 Å². The molecule has 0 bridgehead atoms. The summed E-state index contributed by atoms with van der Waals surface area (Å²) in [5.74, 6) is 5.62. The zero-order valence-corrected chi connectivity index (χ0v) is 12.8. The van der Waals surface area contributed by atoms with E-state index in [1.54, 1.807) is 30.5 Å². The molecule has 1 atom stereocenters. The Hall–Kier alpha value is -1.90. The molecule has 1 N–H and O–H groups in total. The monoisotopic (exact) mass is 290 g/mol. The van der Waals surface area contributed by atoms with Gasteiger partial charge in [-0.05, 0) is 19.9 Å². The molecule has 5 heteroatoms. The zero-order valence-electron chi connectivity index (χ0n) is 12.8. The van der Waals surface area contributed by atoms with Gasteiger partial charge >= 0.3 is 0 Å². The Morgan fingerprint density at radius 2 is 2.29 bits per heavy atom. The Kier molecular flexibility index (Phi) is 7.44. The van der Waals surface area contributed by atoms with Crippen molar-refractivity contribution >= 4 is 5.91 Å². The van der Waals surface area contributed by atoms with Crippen LogP contribution in [-0.2, 0) is 4.74 Å². The van der Waals surface area contributed by atoms with Gasteiger partial charge in [-0.3, -0.25) is 9.78 Å². The lowest BCUT2D eigenvalue weighted by atomic mass is 10.1. The van der Waals surface area contributed by atoms with Gasteiger partial charge in [-0.15, -0.1) is 0 Å². The molecular weight excluding hydrogens is 268 g/mol. The van der Waals surface area contributed by atoms with Crippen LogP contribution in [0.15, 0.2) is 18.5 Å². The Bertz CT molecular complexity index is 520. The largest absolute Gasteiger partial charge is 0.395 e. The molecule has 1 amide bonds. The summed E-state index contributed by atoms with van der Waals surface area (Å²) >= 11 is 0. The third kappa shape index (κ3) is 5.18. The van der Waals surface area contributed by atoms with Crippen molar-refractivity contribution in [3.63, 3.8) is 0 Å². The number of aliphatic hydroxyl groups excluding tert-OH is 1. The summed E-state index contributed by atoms with van der Waals surface area (Å²) in [6.45, 7) is 5.00. The van der Waals surface area contributed by atoms with E-state index in [2.05, 4.69) is 16.8 Å². The molecule has 1 rings (SSSR count). The van der Waals surface area contributed by atoms with Crippen molar-refractivity contribution in [1.82, 2.24) is 9.88 Å². The zero-order chi connectivity index (χ0) is 15.7. The fourth-order valence-electron chi connectivity index (χ4n) is 2.00. The van der Waals surface area contributed by atoms with Crippen molar-refractivity contribution < 1.29 is 14.6 Å². The lowest BCUT2D eigenvalue weighted by Crippen LogP contribution is -2.41. The highest BCUT2D eigenvalue weighted by molar-refractivity contribution is 5.94. The van der Waals surface area contributed by atoms with E-state index in [1.165, 1.54) is 0 Å². The number of likely N-dealkylation sites (N-methyl/N-ethyl adjacent to an activating group) is 1. The predicted molar refractivity (Wildman–Crippen MR) is 80.9 cm³/mol. The summed E-state index contributed by atoms with van der Waals surface area (Å²) in [6, 6.07) is 1.72. The third-order valence-corrected chi connectivity index (χ3v) is 3.00. The fraction of sp³-hybridized carbons (Fsp3) is 0.500. The van der Waals surface area contributed by atoms with Crippen molar-refractivity contribution in [2.75, 3.05) is 26.9 Å². The summed E-state index contributed by atoms with van der Waals surface area (Å²) in [7, 11) is 1.62. The maximum Gasteiger partial charge on any atom is 0.255 e. The van der Waals surface area contributed by atoms with Gasteiger partial charge in [-0.1, -0.05) is 11.8 Å². The van der Waals surface area contributed by atoms with Crippen molar-refractivity contribution in [1.29, 1.82) is 0 Å². The molecule has 0 fully saturated rings. The number of aromatic nitrogens is 1. The topological polar surface area (TPSA) is 62.7 Å². The standard InChI is InChI=1S/C16H22N2O3/c1-4-18(13(2)12-21-3)16(20)15-9-14(10-17-11-15)7-5-6-8-19/h9-11,13,19H,4,6,8,12H2,1-3H3. The first kappa shape index (κ1) is 17.2. The van der Waals surface area contributed by atoms with E-state index < -0.39 is 0 Å². The van der Waals surface area contributed by atoms with E-state index >= 15 is 0 Å². The first-order valence-corrected chi connectivity index (χ1v) is 6.98. The summed E-state index contributed by atoms with van der Waals surface area (Å²) < 4.78 is 5.11. The van der Waals surface area contributed by atoms with Crippen LogP contribution < -0.4 is 0 Å². The van der Waals surface area contributed by atoms with E-state index in [0.717, 1.165) is 0 Å². The van der Waals surface area contributed by atoms with Gasteiger partial charge in [0.15, 0.2) is 0 Å². The molecule has 0 aliphatic rings. The van der Waals surface area contributed by atoms with Gasteiger partial charge < -0.3 is 14.7 Å². The molecule has 0 radical (unpaired) electrons. The fourth-order valence-corrected chi connectivity index (χ4v) is 2.00. The highest BCUT2D eigenvalue weighted by atomic mass is 16.5. The second-order valence-corrected chi connectivity index (χ2v) is 4.63. The molecule has 0 aliphatic heterocycles. The van der Waals surface area contributed by atoms with Crippen molar-refractivity contribution in [2.24, 2.45) is 0 Å². The molecule has 1 heterocycles. The Morgan fingerprint density at radius 1 is 1.52 bits per heavy atom. The quantitative estimate of drug-likeness (QED) is 0.803. The van der Waals surface area contributed by atoms with E-state index in [-0.39, 0.29) is 18.6 Å². The van der Waals surface area contributed by atoms with Crippen molar-refractivity contribution in [2.45, 2.75) is 26.3 Å². The number of amides is 1. The Morgan fingerprint density at radius 3 is 2.90 bits per heavy atom. The van der Waals surface area contributed by atoms with Gasteiger partial charge in [-0.2, -0.15) is 0 Å². The minimum atomic E-state index is -0.0830. The number of rotatable bonds is 6. The summed E-state index contributed by atoms with van der Waals surface area (Å²) in [5, 5.41) is 8.71. The first-order valence-electron chi connectivity index (χ1n) is 6.98. The van der Waals surface area contributed by atoms with Gasteiger partial charge in [0.2, 0.25) is 0 Å². The SMILES string of the molecule is CCN(C(=O)c1cncc(C#CCCO)c1)C(C)COC. The van der Waals surface area contributed by atoms with Crippen LogP contribution in [-0.4, -0.2) is 53.8 Å². The highest BCUT2D eigenvalue weighted by Crippen LogP contribution is 2.09. The normalized spacial score (nSPS) is 11.4. The Balaban J connectivity index is 2.91. The van der Waals surface area contributed by atoms with Gasteiger partial charge in [0, 0.05) is 38.0 Å². The highest BCUT2D eigenvalue weighted by Gasteiger charge is 2.20. The van der Waals surface area contributed by atoms with Crippen LogP contribution in [0.4, 0.5) is 0 Å². The average molecular weight is 290 g/mol.